The van der Waals surface area contributed by atoms with Gasteiger partial charge in [-0.2, -0.15) is 0 Å². The summed E-state index contributed by atoms with van der Waals surface area (Å²) in [6.45, 7) is 0. The van der Waals surface area contributed by atoms with Crippen molar-refractivity contribution in [1.82, 2.24) is 29.9 Å². The molecule has 6 heteroatoms. The minimum atomic E-state index is 0.652. The summed E-state index contributed by atoms with van der Waals surface area (Å²) in [6.07, 6.45) is 3.65. The van der Waals surface area contributed by atoms with Crippen molar-refractivity contribution >= 4 is 43.1 Å². The van der Waals surface area contributed by atoms with Crippen LogP contribution in [0.25, 0.3) is 145 Å². The van der Waals surface area contributed by atoms with Crippen LogP contribution in [0.3, 0.4) is 0 Å². The van der Waals surface area contributed by atoms with Gasteiger partial charge in [0.05, 0.1) is 34.2 Å². The molecule has 0 atom stereocenters. The van der Waals surface area contributed by atoms with Crippen LogP contribution < -0.4 is 0 Å². The van der Waals surface area contributed by atoms with Crippen molar-refractivity contribution in [3.63, 3.8) is 0 Å². The van der Waals surface area contributed by atoms with Gasteiger partial charge in [0.15, 0.2) is 11.6 Å². The third kappa shape index (κ3) is 8.30. The van der Waals surface area contributed by atoms with E-state index in [4.69, 9.17) is 19.9 Å². The molecule has 0 bridgehead atoms. The molecule has 76 heavy (non-hydrogen) atoms. The zero-order chi connectivity index (χ0) is 50.4. The lowest BCUT2D eigenvalue weighted by Gasteiger charge is -2.14. The average Bonchev–Trinajstić information content (AvgIpc) is 3.55. The maximum atomic E-state index is 5.34. The molecule has 0 N–H and O–H groups in total. The van der Waals surface area contributed by atoms with Crippen LogP contribution in [0.5, 0.6) is 0 Å². The summed E-state index contributed by atoms with van der Waals surface area (Å²) >= 11 is 0. The Balaban J connectivity index is 0.832. The minimum Gasteiger partial charge on any atom is -0.256 e. The molecule has 4 aromatic heterocycles. The van der Waals surface area contributed by atoms with E-state index in [-0.39, 0.29) is 0 Å². The van der Waals surface area contributed by atoms with Crippen LogP contribution in [-0.4, -0.2) is 29.9 Å². The number of nitrogens with zero attached hydrogens (tertiary/aromatic N) is 6. The van der Waals surface area contributed by atoms with Gasteiger partial charge in [0.1, 0.15) is 0 Å². The van der Waals surface area contributed by atoms with Crippen LogP contribution in [0.1, 0.15) is 0 Å². The number of benzene rings is 10. The molecule has 0 amide bonds. The molecule has 0 unspecified atom stereocenters. The average molecular weight is 969 g/mol. The molecule has 0 spiro atoms. The van der Waals surface area contributed by atoms with Crippen LogP contribution in [0.4, 0.5) is 0 Å². The van der Waals surface area contributed by atoms with E-state index >= 15 is 0 Å². The molecule has 0 aliphatic rings. The third-order valence-electron chi connectivity index (χ3n) is 14.4. The molecule has 0 fully saturated rings. The summed E-state index contributed by atoms with van der Waals surface area (Å²) in [5.74, 6) is 1.30. The molecule has 0 radical (unpaired) electrons. The first-order valence-corrected chi connectivity index (χ1v) is 25.5. The summed E-state index contributed by atoms with van der Waals surface area (Å²) in [4.78, 5) is 30.3. The maximum Gasteiger partial charge on any atom is 0.160 e. The summed E-state index contributed by atoms with van der Waals surface area (Å²) in [7, 11) is 0. The SMILES string of the molecule is c1ccc(-c2ccc(-c3cc(-c4cc5ccccc5c5ccccc45)nc(-c4ccc(-c5ccc(-c6nc(-c7ccc(-c8ccccn8)cc7)cc(-c7cc8ccccc8c8ccccc78)n6)cc5)cc4)n3)cc2)nc1. The van der Waals surface area contributed by atoms with Gasteiger partial charge in [-0.3, -0.25) is 9.97 Å². The Kier molecular flexibility index (Phi) is 11.1. The molecule has 0 aliphatic carbocycles. The van der Waals surface area contributed by atoms with Crippen molar-refractivity contribution in [2.75, 3.05) is 0 Å². The summed E-state index contributed by atoms with van der Waals surface area (Å²) in [6, 6.07) is 89.1. The predicted molar refractivity (Wildman–Crippen MR) is 312 cm³/mol. The quantitative estimate of drug-likeness (QED) is 0.134. The minimum absolute atomic E-state index is 0.652. The zero-order valence-electron chi connectivity index (χ0n) is 41.1. The van der Waals surface area contributed by atoms with Crippen LogP contribution in [0.15, 0.2) is 267 Å². The molecular formula is C70H44N6. The number of hydrogen-bond acceptors (Lipinski definition) is 6. The summed E-state index contributed by atoms with van der Waals surface area (Å²) in [5.41, 5.74) is 15.5. The molecule has 0 aliphatic heterocycles. The fourth-order valence-electron chi connectivity index (χ4n) is 10.6. The van der Waals surface area contributed by atoms with Gasteiger partial charge in [-0.25, -0.2) is 19.9 Å². The van der Waals surface area contributed by atoms with Crippen molar-refractivity contribution in [2.45, 2.75) is 0 Å². The van der Waals surface area contributed by atoms with Gasteiger partial charge in [0, 0.05) is 56.9 Å². The van der Waals surface area contributed by atoms with Gasteiger partial charge < -0.3 is 0 Å². The van der Waals surface area contributed by atoms with E-state index in [1.165, 1.54) is 21.5 Å². The fraction of sp³-hybridized carbons (Fsp3) is 0. The molecule has 10 aromatic carbocycles. The van der Waals surface area contributed by atoms with Gasteiger partial charge in [-0.15, -0.1) is 0 Å². The van der Waals surface area contributed by atoms with Gasteiger partial charge in [-0.05, 0) is 103 Å². The van der Waals surface area contributed by atoms with Crippen molar-refractivity contribution in [1.29, 1.82) is 0 Å². The molecule has 0 saturated carbocycles. The zero-order valence-corrected chi connectivity index (χ0v) is 41.1. The molecule has 4 heterocycles. The van der Waals surface area contributed by atoms with Gasteiger partial charge in [0.2, 0.25) is 0 Å². The van der Waals surface area contributed by atoms with Gasteiger partial charge in [0.25, 0.3) is 0 Å². The van der Waals surface area contributed by atoms with Crippen molar-refractivity contribution in [3.05, 3.63) is 267 Å². The topological polar surface area (TPSA) is 77.3 Å². The maximum absolute atomic E-state index is 5.34. The van der Waals surface area contributed by atoms with Crippen LogP contribution >= 0.6 is 0 Å². The summed E-state index contributed by atoms with van der Waals surface area (Å²) < 4.78 is 0. The highest BCUT2D eigenvalue weighted by molar-refractivity contribution is 6.14. The van der Waals surface area contributed by atoms with Crippen molar-refractivity contribution in [2.24, 2.45) is 0 Å². The van der Waals surface area contributed by atoms with Gasteiger partial charge in [-0.1, -0.05) is 206 Å². The van der Waals surface area contributed by atoms with Crippen LogP contribution in [-0.2, 0) is 0 Å². The Bertz CT molecular complexity index is 4170. The fourth-order valence-corrected chi connectivity index (χ4v) is 10.6. The van der Waals surface area contributed by atoms with Gasteiger partial charge >= 0.3 is 0 Å². The smallest absolute Gasteiger partial charge is 0.160 e. The second-order valence-corrected chi connectivity index (χ2v) is 19.0. The second-order valence-electron chi connectivity index (χ2n) is 19.0. The second kappa shape index (κ2) is 19.0. The molecule has 354 valence electrons. The standard InChI is InChI=1S/C70H44N6/c1-3-15-55-53(13-1)41-61(59-19-7-5-17-57(55)59)67-43-65(49-31-27-47(28-32-49)63-21-9-11-39-71-63)73-69(75-67)51-35-23-45(24-36-51)46-25-37-52(38-26-46)70-74-66(50-33-29-48(30-34-50)64-22-10-12-40-72-64)44-68(76-70)62-42-54-14-2-4-16-56(54)58-18-6-8-20-60(58)62/h1-44H. The van der Waals surface area contributed by atoms with E-state index in [2.05, 4.69) is 228 Å². The largest absolute Gasteiger partial charge is 0.256 e. The molecule has 6 nitrogen and oxygen atoms in total. The van der Waals surface area contributed by atoms with E-state index in [0.717, 1.165) is 111 Å². The molecule has 14 rings (SSSR count). The van der Waals surface area contributed by atoms with Crippen molar-refractivity contribution < 1.29 is 0 Å². The highest BCUT2D eigenvalue weighted by atomic mass is 14.9. The highest BCUT2D eigenvalue weighted by Crippen LogP contribution is 2.39. The van der Waals surface area contributed by atoms with Crippen molar-refractivity contribution in [3.8, 4) is 101 Å². The first-order valence-electron chi connectivity index (χ1n) is 25.5. The number of rotatable bonds is 9. The van der Waals surface area contributed by atoms with E-state index < -0.39 is 0 Å². The number of fused-ring (bicyclic) bond motifs is 6. The van der Waals surface area contributed by atoms with E-state index in [9.17, 15) is 0 Å². The third-order valence-corrected chi connectivity index (χ3v) is 14.4. The predicted octanol–water partition coefficient (Wildman–Crippen LogP) is 17.7. The number of hydrogen-bond donors (Lipinski definition) is 0. The number of aromatic nitrogens is 6. The summed E-state index contributed by atoms with van der Waals surface area (Å²) in [5, 5.41) is 9.44. The monoisotopic (exact) mass is 968 g/mol. The Morgan fingerprint density at radius 3 is 0.882 bits per heavy atom. The highest BCUT2D eigenvalue weighted by Gasteiger charge is 2.18. The Morgan fingerprint density at radius 2 is 0.500 bits per heavy atom. The lowest BCUT2D eigenvalue weighted by Crippen LogP contribution is -1.97. The van der Waals surface area contributed by atoms with Crippen LogP contribution in [0.2, 0.25) is 0 Å². The number of pyridine rings is 2. The Morgan fingerprint density at radius 1 is 0.197 bits per heavy atom. The Hall–Kier alpha value is -10.3. The van der Waals surface area contributed by atoms with E-state index in [1.54, 1.807) is 0 Å². The normalized spacial score (nSPS) is 11.4. The lowest BCUT2D eigenvalue weighted by molar-refractivity contribution is 1.18. The first-order chi connectivity index (χ1) is 37.6. The molecule has 0 saturated heterocycles. The van der Waals surface area contributed by atoms with Crippen LogP contribution in [0, 0.1) is 0 Å². The molecule has 14 aromatic rings. The Labute approximate surface area is 439 Å². The molecular weight excluding hydrogens is 925 g/mol. The lowest BCUT2D eigenvalue weighted by atomic mass is 9.94. The first kappa shape index (κ1) is 44.4. The van der Waals surface area contributed by atoms with E-state index in [0.29, 0.717) is 11.6 Å². The van der Waals surface area contributed by atoms with E-state index in [1.807, 2.05) is 48.8 Å².